The van der Waals surface area contributed by atoms with Crippen molar-refractivity contribution < 1.29 is 19.4 Å². The highest BCUT2D eigenvalue weighted by atomic mass is 16.5. The molecule has 0 bridgehead atoms. The average Bonchev–Trinajstić information content (AvgIpc) is 2.59. The van der Waals surface area contributed by atoms with Crippen molar-refractivity contribution >= 4 is 12.2 Å². The third-order valence-corrected chi connectivity index (χ3v) is 2.51. The Morgan fingerprint density at radius 2 is 2.12 bits per heavy atom. The lowest BCUT2D eigenvalue weighted by Gasteiger charge is -2.23. The van der Waals surface area contributed by atoms with Gasteiger partial charge in [0.2, 0.25) is 0 Å². The Morgan fingerprint density at radius 3 is 2.65 bits per heavy atom. The predicted molar refractivity (Wildman–Crippen MR) is 62.0 cm³/mol. The van der Waals surface area contributed by atoms with Crippen molar-refractivity contribution in [2.75, 3.05) is 13.2 Å². The number of nitrogens with zero attached hydrogens (tertiary/aromatic N) is 1. The molecule has 0 radical (unpaired) electrons. The zero-order valence-corrected chi connectivity index (χ0v) is 10.5. The van der Waals surface area contributed by atoms with Gasteiger partial charge in [-0.3, -0.25) is 0 Å². The fourth-order valence-electron chi connectivity index (χ4n) is 1.77. The summed E-state index contributed by atoms with van der Waals surface area (Å²) in [5.74, 6) is 0. The lowest BCUT2D eigenvalue weighted by molar-refractivity contribution is 0.0924. The van der Waals surface area contributed by atoms with Crippen LogP contribution in [0.15, 0.2) is 0 Å². The number of amides is 2. The molecule has 1 heterocycles. The first-order chi connectivity index (χ1) is 7.79. The van der Waals surface area contributed by atoms with Crippen LogP contribution in [0.5, 0.6) is 0 Å². The van der Waals surface area contributed by atoms with E-state index in [1.54, 1.807) is 0 Å². The Kier molecular flexibility index (Phi) is 4.20. The maximum absolute atomic E-state index is 11.4. The van der Waals surface area contributed by atoms with Gasteiger partial charge in [-0.15, -0.1) is 0 Å². The molecular formula is C11H20N2O4. The van der Waals surface area contributed by atoms with E-state index in [1.807, 2.05) is 20.8 Å². The summed E-state index contributed by atoms with van der Waals surface area (Å²) in [5, 5.41) is 11.6. The van der Waals surface area contributed by atoms with Gasteiger partial charge in [-0.1, -0.05) is 0 Å². The smallest absolute Gasteiger partial charge is 0.407 e. The van der Waals surface area contributed by atoms with Gasteiger partial charge in [0, 0.05) is 12.1 Å². The van der Waals surface area contributed by atoms with E-state index in [0.717, 1.165) is 12.8 Å². The highest BCUT2D eigenvalue weighted by Gasteiger charge is 2.29. The number of ether oxygens (including phenoxy) is 1. The minimum atomic E-state index is -0.952. The number of carboxylic acid groups (broad SMARTS) is 1. The van der Waals surface area contributed by atoms with Gasteiger partial charge in [0.15, 0.2) is 0 Å². The topological polar surface area (TPSA) is 78.9 Å². The van der Waals surface area contributed by atoms with Crippen LogP contribution in [-0.2, 0) is 4.74 Å². The van der Waals surface area contributed by atoms with Gasteiger partial charge in [0.1, 0.15) is 6.61 Å². The summed E-state index contributed by atoms with van der Waals surface area (Å²) in [6.07, 6.45) is 0.109. The molecule has 6 heteroatoms. The molecule has 0 spiro atoms. The predicted octanol–water partition coefficient (Wildman–Crippen LogP) is 1.65. The second-order valence-electron chi connectivity index (χ2n) is 5.25. The van der Waals surface area contributed by atoms with E-state index in [9.17, 15) is 9.59 Å². The van der Waals surface area contributed by atoms with Crippen molar-refractivity contribution in [3.63, 3.8) is 0 Å². The molecule has 1 unspecified atom stereocenters. The monoisotopic (exact) mass is 244 g/mol. The van der Waals surface area contributed by atoms with Crippen LogP contribution in [0.2, 0.25) is 0 Å². The fourth-order valence-corrected chi connectivity index (χ4v) is 1.77. The Bertz CT molecular complexity index is 298. The maximum Gasteiger partial charge on any atom is 0.407 e. The molecule has 1 fully saturated rings. The minimum Gasteiger partial charge on any atom is -0.465 e. The second-order valence-corrected chi connectivity index (χ2v) is 5.25. The first kappa shape index (κ1) is 13.6. The van der Waals surface area contributed by atoms with Crippen LogP contribution in [-0.4, -0.2) is 46.9 Å². The summed E-state index contributed by atoms with van der Waals surface area (Å²) in [6.45, 7) is 6.20. The number of likely N-dealkylation sites (tertiary alicyclic amines) is 1. The van der Waals surface area contributed by atoms with E-state index >= 15 is 0 Å². The van der Waals surface area contributed by atoms with Crippen molar-refractivity contribution in [1.29, 1.82) is 0 Å². The number of hydrogen-bond acceptors (Lipinski definition) is 3. The van der Waals surface area contributed by atoms with Crippen LogP contribution < -0.4 is 5.32 Å². The summed E-state index contributed by atoms with van der Waals surface area (Å²) < 4.78 is 5.03. The first-order valence-corrected chi connectivity index (χ1v) is 5.74. The molecule has 17 heavy (non-hydrogen) atoms. The van der Waals surface area contributed by atoms with Crippen LogP contribution >= 0.6 is 0 Å². The SMILES string of the molecule is CC(C)(C)NC(=O)OCC1CCCN1C(=O)O. The molecule has 1 saturated heterocycles. The van der Waals surface area contributed by atoms with E-state index in [4.69, 9.17) is 9.84 Å². The van der Waals surface area contributed by atoms with Gasteiger partial charge in [-0.25, -0.2) is 9.59 Å². The van der Waals surface area contributed by atoms with Gasteiger partial charge < -0.3 is 20.1 Å². The maximum atomic E-state index is 11.4. The van der Waals surface area contributed by atoms with E-state index in [0.29, 0.717) is 6.54 Å². The molecular weight excluding hydrogens is 224 g/mol. The Hall–Kier alpha value is -1.46. The molecule has 1 aliphatic rings. The molecule has 2 N–H and O–H groups in total. The summed E-state index contributed by atoms with van der Waals surface area (Å²) in [7, 11) is 0. The zero-order chi connectivity index (χ0) is 13.1. The number of alkyl carbamates (subject to hydrolysis) is 1. The fraction of sp³-hybridized carbons (Fsp3) is 0.818. The number of hydrogen-bond donors (Lipinski definition) is 2. The van der Waals surface area contributed by atoms with Gasteiger partial charge >= 0.3 is 12.2 Å². The van der Waals surface area contributed by atoms with Crippen molar-refractivity contribution in [3.05, 3.63) is 0 Å². The van der Waals surface area contributed by atoms with Crippen molar-refractivity contribution in [1.82, 2.24) is 10.2 Å². The van der Waals surface area contributed by atoms with E-state index < -0.39 is 12.2 Å². The molecule has 1 aliphatic heterocycles. The van der Waals surface area contributed by atoms with Crippen LogP contribution in [0.3, 0.4) is 0 Å². The third-order valence-electron chi connectivity index (χ3n) is 2.51. The van der Waals surface area contributed by atoms with E-state index in [-0.39, 0.29) is 18.2 Å². The largest absolute Gasteiger partial charge is 0.465 e. The molecule has 6 nitrogen and oxygen atoms in total. The molecule has 0 aromatic heterocycles. The molecule has 0 aromatic rings. The molecule has 0 aliphatic carbocycles. The Morgan fingerprint density at radius 1 is 1.47 bits per heavy atom. The van der Waals surface area contributed by atoms with E-state index in [1.165, 1.54) is 4.90 Å². The molecule has 1 rings (SSSR count). The molecule has 0 aromatic carbocycles. The summed E-state index contributed by atoms with van der Waals surface area (Å²) in [4.78, 5) is 23.6. The highest BCUT2D eigenvalue weighted by Crippen LogP contribution is 2.17. The van der Waals surface area contributed by atoms with Crippen molar-refractivity contribution in [2.24, 2.45) is 0 Å². The van der Waals surface area contributed by atoms with Crippen molar-refractivity contribution in [2.45, 2.75) is 45.2 Å². The van der Waals surface area contributed by atoms with Gasteiger partial charge in [-0.05, 0) is 33.6 Å². The van der Waals surface area contributed by atoms with Gasteiger partial charge in [0.25, 0.3) is 0 Å². The first-order valence-electron chi connectivity index (χ1n) is 5.74. The standard InChI is InChI=1S/C11H20N2O4/c1-11(2,3)12-9(14)17-7-8-5-4-6-13(8)10(15)16/h8H,4-7H2,1-3H3,(H,12,14)(H,15,16). The average molecular weight is 244 g/mol. The van der Waals surface area contributed by atoms with Crippen LogP contribution in [0.25, 0.3) is 0 Å². The number of carbonyl (C=O) groups is 2. The van der Waals surface area contributed by atoms with Gasteiger partial charge in [0.05, 0.1) is 6.04 Å². The van der Waals surface area contributed by atoms with Crippen molar-refractivity contribution in [3.8, 4) is 0 Å². The normalized spacial score (nSPS) is 20.2. The zero-order valence-electron chi connectivity index (χ0n) is 10.5. The molecule has 1 atom stereocenters. The second kappa shape index (κ2) is 5.25. The summed E-state index contributed by atoms with van der Waals surface area (Å²) >= 11 is 0. The molecule has 0 saturated carbocycles. The summed E-state index contributed by atoms with van der Waals surface area (Å²) in [5.41, 5.74) is -0.348. The minimum absolute atomic E-state index is 0.119. The number of nitrogens with one attached hydrogen (secondary N) is 1. The Balaban J connectivity index is 2.35. The quantitative estimate of drug-likeness (QED) is 0.774. The lowest BCUT2D eigenvalue weighted by Crippen LogP contribution is -2.43. The van der Waals surface area contributed by atoms with Crippen LogP contribution in [0.4, 0.5) is 9.59 Å². The molecule has 2 amide bonds. The van der Waals surface area contributed by atoms with Gasteiger partial charge in [-0.2, -0.15) is 0 Å². The number of rotatable bonds is 2. The van der Waals surface area contributed by atoms with E-state index in [2.05, 4.69) is 5.32 Å². The van der Waals surface area contributed by atoms with Crippen LogP contribution in [0.1, 0.15) is 33.6 Å². The third kappa shape index (κ3) is 4.50. The number of carbonyl (C=O) groups excluding carboxylic acids is 1. The highest BCUT2D eigenvalue weighted by molar-refractivity contribution is 5.68. The lowest BCUT2D eigenvalue weighted by atomic mass is 10.1. The Labute approximate surface area is 101 Å². The summed E-state index contributed by atoms with van der Waals surface area (Å²) in [6, 6.07) is -0.210. The van der Waals surface area contributed by atoms with Crippen LogP contribution in [0, 0.1) is 0 Å². The molecule has 98 valence electrons.